The average Bonchev–Trinajstić information content (AvgIpc) is 2.77. The maximum Gasteiger partial charge on any atom is 0.407 e. The molecule has 1 saturated heterocycles. The van der Waals surface area contributed by atoms with E-state index in [1.165, 1.54) is 12.1 Å². The van der Waals surface area contributed by atoms with Crippen molar-refractivity contribution in [2.24, 2.45) is 0 Å². The van der Waals surface area contributed by atoms with Gasteiger partial charge in [0.25, 0.3) is 5.69 Å². The van der Waals surface area contributed by atoms with E-state index in [2.05, 4.69) is 10.2 Å². The number of amides is 2. The number of anilines is 1. The first-order valence-corrected chi connectivity index (χ1v) is 9.24. The highest BCUT2D eigenvalue weighted by atomic mass is 16.6. The molecule has 2 amide bonds. The third-order valence-electron chi connectivity index (χ3n) is 4.65. The maximum absolute atomic E-state index is 12.3. The second kappa shape index (κ2) is 9.54. The summed E-state index contributed by atoms with van der Waals surface area (Å²) in [7, 11) is 0. The standard InChI is InChI=1S/C20H22N4O5/c25-19(14-21-20(26)29-15-16-4-2-1-3-5-16)23-12-10-22(11-13-23)17-6-8-18(9-7-17)24(27)28/h1-9H,10-15H2,(H,21,26). The van der Waals surface area contributed by atoms with Crippen molar-refractivity contribution in [2.45, 2.75) is 6.61 Å². The van der Waals surface area contributed by atoms with Crippen molar-refractivity contribution in [3.8, 4) is 0 Å². The van der Waals surface area contributed by atoms with E-state index >= 15 is 0 Å². The Kier molecular flexibility index (Phi) is 6.62. The summed E-state index contributed by atoms with van der Waals surface area (Å²) in [6.45, 7) is 2.27. The van der Waals surface area contributed by atoms with Gasteiger partial charge in [0.2, 0.25) is 5.91 Å². The van der Waals surface area contributed by atoms with Crippen LogP contribution >= 0.6 is 0 Å². The number of non-ortho nitro benzene ring substituents is 1. The van der Waals surface area contributed by atoms with Gasteiger partial charge in [-0.1, -0.05) is 30.3 Å². The first-order chi connectivity index (χ1) is 14.0. The third kappa shape index (κ3) is 5.68. The van der Waals surface area contributed by atoms with E-state index in [0.717, 1.165) is 11.3 Å². The zero-order chi connectivity index (χ0) is 20.6. The van der Waals surface area contributed by atoms with Crippen LogP contribution in [-0.4, -0.2) is 54.5 Å². The minimum Gasteiger partial charge on any atom is -0.445 e. The lowest BCUT2D eigenvalue weighted by Crippen LogP contribution is -2.51. The smallest absolute Gasteiger partial charge is 0.407 e. The fourth-order valence-electron chi connectivity index (χ4n) is 3.03. The van der Waals surface area contributed by atoms with E-state index in [9.17, 15) is 19.7 Å². The van der Waals surface area contributed by atoms with Crippen LogP contribution in [-0.2, 0) is 16.1 Å². The van der Waals surface area contributed by atoms with Crippen molar-refractivity contribution in [1.82, 2.24) is 10.2 Å². The van der Waals surface area contributed by atoms with Gasteiger partial charge in [0.15, 0.2) is 0 Å². The number of ether oxygens (including phenoxy) is 1. The molecule has 0 aromatic heterocycles. The molecule has 152 valence electrons. The molecule has 9 heteroatoms. The Morgan fingerprint density at radius 3 is 2.28 bits per heavy atom. The summed E-state index contributed by atoms with van der Waals surface area (Å²) in [6.07, 6.45) is -0.633. The van der Waals surface area contributed by atoms with Gasteiger partial charge >= 0.3 is 6.09 Å². The minimum atomic E-state index is -0.633. The van der Waals surface area contributed by atoms with Crippen LogP contribution in [0.4, 0.5) is 16.2 Å². The lowest BCUT2D eigenvalue weighted by atomic mass is 10.2. The number of carbonyl (C=O) groups is 2. The van der Waals surface area contributed by atoms with Crippen molar-refractivity contribution >= 4 is 23.4 Å². The zero-order valence-electron chi connectivity index (χ0n) is 15.8. The monoisotopic (exact) mass is 398 g/mol. The van der Waals surface area contributed by atoms with Gasteiger partial charge in [0.1, 0.15) is 13.2 Å². The van der Waals surface area contributed by atoms with Crippen LogP contribution in [0, 0.1) is 10.1 Å². The molecule has 9 nitrogen and oxygen atoms in total. The van der Waals surface area contributed by atoms with E-state index in [-0.39, 0.29) is 24.7 Å². The van der Waals surface area contributed by atoms with Crippen LogP contribution in [0.3, 0.4) is 0 Å². The molecule has 3 rings (SSSR count). The van der Waals surface area contributed by atoms with E-state index in [0.29, 0.717) is 26.2 Å². The summed E-state index contributed by atoms with van der Waals surface area (Å²) >= 11 is 0. The fourth-order valence-corrected chi connectivity index (χ4v) is 3.03. The molecule has 1 aliphatic rings. The molecule has 0 aliphatic carbocycles. The van der Waals surface area contributed by atoms with E-state index < -0.39 is 11.0 Å². The average molecular weight is 398 g/mol. The summed E-state index contributed by atoms with van der Waals surface area (Å²) < 4.78 is 5.09. The first kappa shape index (κ1) is 20.1. The zero-order valence-corrected chi connectivity index (χ0v) is 15.8. The van der Waals surface area contributed by atoms with Gasteiger partial charge in [-0.05, 0) is 17.7 Å². The van der Waals surface area contributed by atoms with E-state index in [1.54, 1.807) is 17.0 Å². The second-order valence-corrected chi connectivity index (χ2v) is 6.56. The van der Waals surface area contributed by atoms with Gasteiger partial charge in [-0.25, -0.2) is 4.79 Å². The predicted octanol–water partition coefficient (Wildman–Crippen LogP) is 2.17. The second-order valence-electron chi connectivity index (χ2n) is 6.56. The van der Waals surface area contributed by atoms with Gasteiger partial charge in [0.05, 0.1) is 4.92 Å². The number of rotatable bonds is 6. The van der Waals surface area contributed by atoms with Crippen LogP contribution in [0.1, 0.15) is 5.56 Å². The Morgan fingerprint density at radius 1 is 1.00 bits per heavy atom. The van der Waals surface area contributed by atoms with Crippen molar-refractivity contribution in [3.05, 3.63) is 70.3 Å². The Morgan fingerprint density at radius 2 is 1.66 bits per heavy atom. The van der Waals surface area contributed by atoms with E-state index in [4.69, 9.17) is 4.74 Å². The highest BCUT2D eigenvalue weighted by Crippen LogP contribution is 2.20. The first-order valence-electron chi connectivity index (χ1n) is 9.24. The number of nitrogens with one attached hydrogen (secondary N) is 1. The molecule has 0 bridgehead atoms. The van der Waals surface area contributed by atoms with Crippen molar-refractivity contribution in [3.63, 3.8) is 0 Å². The summed E-state index contributed by atoms with van der Waals surface area (Å²) in [6, 6.07) is 15.7. The van der Waals surface area contributed by atoms with Crippen LogP contribution in [0.25, 0.3) is 0 Å². The Bertz CT molecular complexity index is 849. The molecule has 0 spiro atoms. The summed E-state index contributed by atoms with van der Waals surface area (Å²) in [4.78, 5) is 38.1. The number of nitro groups is 1. The lowest BCUT2D eigenvalue weighted by Gasteiger charge is -2.36. The summed E-state index contributed by atoms with van der Waals surface area (Å²) in [5.74, 6) is -0.176. The van der Waals surface area contributed by atoms with Gasteiger partial charge in [0, 0.05) is 44.0 Å². The van der Waals surface area contributed by atoms with Gasteiger partial charge < -0.3 is 19.9 Å². The number of piperazine rings is 1. The van der Waals surface area contributed by atoms with Crippen molar-refractivity contribution in [2.75, 3.05) is 37.6 Å². The lowest BCUT2D eigenvalue weighted by molar-refractivity contribution is -0.384. The highest BCUT2D eigenvalue weighted by Gasteiger charge is 2.22. The molecular formula is C20H22N4O5. The van der Waals surface area contributed by atoms with Crippen LogP contribution in [0.15, 0.2) is 54.6 Å². The van der Waals surface area contributed by atoms with Crippen LogP contribution in [0.2, 0.25) is 0 Å². The molecule has 1 fully saturated rings. The number of alkyl carbamates (subject to hydrolysis) is 1. The SMILES string of the molecule is O=C(NCC(=O)N1CCN(c2ccc([N+](=O)[O-])cc2)CC1)OCc1ccccc1. The normalized spacial score (nSPS) is 13.7. The largest absolute Gasteiger partial charge is 0.445 e. The topological polar surface area (TPSA) is 105 Å². The number of hydrogen-bond donors (Lipinski definition) is 1. The molecule has 2 aromatic carbocycles. The number of carbonyl (C=O) groups excluding carboxylic acids is 2. The Hall–Kier alpha value is -3.62. The third-order valence-corrected chi connectivity index (χ3v) is 4.65. The molecule has 1 heterocycles. The van der Waals surface area contributed by atoms with Gasteiger partial charge in [-0.2, -0.15) is 0 Å². The Balaban J connectivity index is 1.39. The van der Waals surface area contributed by atoms with Crippen molar-refractivity contribution in [1.29, 1.82) is 0 Å². The van der Waals surface area contributed by atoms with E-state index in [1.807, 2.05) is 30.3 Å². The molecular weight excluding hydrogens is 376 g/mol. The van der Waals surface area contributed by atoms with Crippen molar-refractivity contribution < 1.29 is 19.2 Å². The predicted molar refractivity (Wildman–Crippen MR) is 107 cm³/mol. The van der Waals surface area contributed by atoms with Gasteiger partial charge in [-0.15, -0.1) is 0 Å². The Labute approximate surface area is 168 Å². The fraction of sp³-hybridized carbons (Fsp3) is 0.300. The number of benzene rings is 2. The number of hydrogen-bond acceptors (Lipinski definition) is 6. The number of nitrogens with zero attached hydrogens (tertiary/aromatic N) is 3. The molecule has 1 aliphatic heterocycles. The molecule has 0 atom stereocenters. The molecule has 29 heavy (non-hydrogen) atoms. The molecule has 0 unspecified atom stereocenters. The number of nitro benzene ring substituents is 1. The molecule has 0 saturated carbocycles. The minimum absolute atomic E-state index is 0.0489. The molecule has 1 N–H and O–H groups in total. The van der Waals surface area contributed by atoms with Crippen LogP contribution in [0.5, 0.6) is 0 Å². The molecule has 2 aromatic rings. The van der Waals surface area contributed by atoms with Crippen LogP contribution < -0.4 is 10.2 Å². The maximum atomic E-state index is 12.3. The highest BCUT2D eigenvalue weighted by molar-refractivity contribution is 5.82. The summed E-state index contributed by atoms with van der Waals surface area (Å²) in [5.41, 5.74) is 1.80. The van der Waals surface area contributed by atoms with Gasteiger partial charge in [-0.3, -0.25) is 14.9 Å². The quantitative estimate of drug-likeness (QED) is 0.591. The summed E-state index contributed by atoms with van der Waals surface area (Å²) in [5, 5.41) is 13.2. The molecule has 0 radical (unpaired) electrons.